The zero-order chi connectivity index (χ0) is 13.0. The van der Waals surface area contributed by atoms with E-state index >= 15 is 0 Å². The van der Waals surface area contributed by atoms with E-state index in [4.69, 9.17) is 9.84 Å². The van der Waals surface area contributed by atoms with E-state index in [0.29, 0.717) is 25.9 Å². The Morgan fingerprint density at radius 2 is 1.72 bits per heavy atom. The molecule has 1 N–H and O–H groups in total. The number of carbonyl (C=O) groups is 2. The van der Waals surface area contributed by atoms with Crippen molar-refractivity contribution < 1.29 is 19.4 Å². The number of hydrogen-bond acceptors (Lipinski definition) is 3. The number of hydrogen-bond donors (Lipinski definition) is 1. The second-order valence-electron chi connectivity index (χ2n) is 5.21. The molecule has 0 bridgehead atoms. The number of aliphatic carboxylic acids is 1. The van der Waals surface area contributed by atoms with Crippen LogP contribution < -0.4 is 0 Å². The van der Waals surface area contributed by atoms with Gasteiger partial charge in [-0.25, -0.2) is 0 Å². The number of nitrogens with zero attached hydrogens (tertiary/aromatic N) is 1. The molecule has 1 aliphatic carbocycles. The van der Waals surface area contributed by atoms with Crippen LogP contribution in [0, 0.1) is 5.92 Å². The molecule has 1 heterocycles. The maximum Gasteiger partial charge on any atom is 0.306 e. The highest BCUT2D eigenvalue weighted by Crippen LogP contribution is 2.21. The van der Waals surface area contributed by atoms with Crippen molar-refractivity contribution in [2.75, 3.05) is 19.7 Å². The summed E-state index contributed by atoms with van der Waals surface area (Å²) in [5.74, 6) is -1.03. The molecule has 2 rings (SSSR count). The van der Waals surface area contributed by atoms with E-state index in [1.54, 1.807) is 4.90 Å². The van der Waals surface area contributed by atoms with Crippen LogP contribution in [0.25, 0.3) is 0 Å². The molecule has 0 unspecified atom stereocenters. The van der Waals surface area contributed by atoms with Crippen molar-refractivity contribution in [3.05, 3.63) is 0 Å². The van der Waals surface area contributed by atoms with Crippen LogP contribution in [0.2, 0.25) is 0 Å². The fourth-order valence-electron chi connectivity index (χ4n) is 2.71. The molecule has 0 aromatic carbocycles. The van der Waals surface area contributed by atoms with E-state index in [-0.39, 0.29) is 24.5 Å². The van der Waals surface area contributed by atoms with Crippen molar-refractivity contribution in [2.45, 2.75) is 44.6 Å². The summed E-state index contributed by atoms with van der Waals surface area (Å²) in [6.07, 6.45) is 5.90. The van der Waals surface area contributed by atoms with Crippen molar-refractivity contribution in [1.82, 2.24) is 4.90 Å². The normalized spacial score (nSPS) is 22.3. The molecular weight excluding hydrogens is 234 g/mol. The lowest BCUT2D eigenvalue weighted by Gasteiger charge is -2.30. The van der Waals surface area contributed by atoms with Gasteiger partial charge in [-0.05, 0) is 25.7 Å². The third-order valence-electron chi connectivity index (χ3n) is 3.94. The SMILES string of the molecule is O=C(O)C1CCN(C(=O)COC2CCCC2)CC1. The molecular formula is C13H21NO4. The minimum atomic E-state index is -0.746. The highest BCUT2D eigenvalue weighted by atomic mass is 16.5. The zero-order valence-corrected chi connectivity index (χ0v) is 10.6. The topological polar surface area (TPSA) is 66.8 Å². The van der Waals surface area contributed by atoms with Crippen molar-refractivity contribution >= 4 is 11.9 Å². The summed E-state index contributed by atoms with van der Waals surface area (Å²) in [4.78, 5) is 24.4. The number of rotatable bonds is 4. The Labute approximate surface area is 107 Å². The first kappa shape index (κ1) is 13.3. The number of amides is 1. The molecule has 0 aromatic rings. The van der Waals surface area contributed by atoms with Crippen molar-refractivity contribution in [2.24, 2.45) is 5.92 Å². The Bertz CT molecular complexity index is 304. The summed E-state index contributed by atoms with van der Waals surface area (Å²) in [7, 11) is 0. The number of carboxylic acid groups (broad SMARTS) is 1. The third kappa shape index (κ3) is 3.45. The number of likely N-dealkylation sites (tertiary alicyclic amines) is 1. The van der Waals surface area contributed by atoms with E-state index in [0.717, 1.165) is 12.8 Å². The average Bonchev–Trinajstić information content (AvgIpc) is 2.89. The molecule has 0 aromatic heterocycles. The van der Waals surface area contributed by atoms with Gasteiger partial charge in [0.05, 0.1) is 12.0 Å². The predicted octanol–water partition coefficient (Wildman–Crippen LogP) is 1.27. The largest absolute Gasteiger partial charge is 0.481 e. The van der Waals surface area contributed by atoms with Gasteiger partial charge >= 0.3 is 5.97 Å². The third-order valence-corrected chi connectivity index (χ3v) is 3.94. The van der Waals surface area contributed by atoms with Crippen LogP contribution in [0.5, 0.6) is 0 Å². The van der Waals surface area contributed by atoms with Gasteiger partial charge in [-0.15, -0.1) is 0 Å². The fourth-order valence-corrected chi connectivity index (χ4v) is 2.71. The Hall–Kier alpha value is -1.10. The standard InChI is InChI=1S/C13H21NO4/c15-12(9-18-11-3-1-2-4-11)14-7-5-10(6-8-14)13(16)17/h10-11H,1-9H2,(H,16,17). The van der Waals surface area contributed by atoms with Gasteiger partial charge in [0.15, 0.2) is 0 Å². The summed E-state index contributed by atoms with van der Waals surface area (Å²) in [5, 5.41) is 8.88. The molecule has 18 heavy (non-hydrogen) atoms. The molecule has 2 aliphatic rings. The second-order valence-corrected chi connectivity index (χ2v) is 5.21. The summed E-state index contributed by atoms with van der Waals surface area (Å²) in [6.45, 7) is 1.25. The van der Waals surface area contributed by atoms with Crippen molar-refractivity contribution in [3.63, 3.8) is 0 Å². The van der Waals surface area contributed by atoms with E-state index in [2.05, 4.69) is 0 Å². The van der Waals surface area contributed by atoms with Crippen LogP contribution >= 0.6 is 0 Å². The number of piperidine rings is 1. The summed E-state index contributed by atoms with van der Waals surface area (Å²) in [6, 6.07) is 0. The minimum Gasteiger partial charge on any atom is -0.481 e. The molecule has 102 valence electrons. The molecule has 5 nitrogen and oxygen atoms in total. The van der Waals surface area contributed by atoms with Gasteiger partial charge in [0.25, 0.3) is 0 Å². The molecule has 0 radical (unpaired) electrons. The maximum absolute atomic E-state index is 11.9. The first-order chi connectivity index (χ1) is 8.66. The molecule has 1 saturated carbocycles. The van der Waals surface area contributed by atoms with Gasteiger partial charge in [0.2, 0.25) is 5.91 Å². The van der Waals surface area contributed by atoms with Crippen LogP contribution in [-0.4, -0.2) is 47.7 Å². The van der Waals surface area contributed by atoms with Gasteiger partial charge in [0, 0.05) is 13.1 Å². The fraction of sp³-hybridized carbons (Fsp3) is 0.846. The molecule has 0 atom stereocenters. The number of carbonyl (C=O) groups excluding carboxylic acids is 1. The smallest absolute Gasteiger partial charge is 0.306 e. The van der Waals surface area contributed by atoms with Crippen LogP contribution in [0.3, 0.4) is 0 Å². The minimum absolute atomic E-state index is 0.00531. The van der Waals surface area contributed by atoms with E-state index in [1.807, 2.05) is 0 Å². The van der Waals surface area contributed by atoms with E-state index in [9.17, 15) is 9.59 Å². The maximum atomic E-state index is 11.9. The molecule has 1 saturated heterocycles. The number of ether oxygens (including phenoxy) is 1. The molecule has 1 aliphatic heterocycles. The summed E-state index contributed by atoms with van der Waals surface area (Å²) >= 11 is 0. The first-order valence-electron chi connectivity index (χ1n) is 6.79. The molecule has 2 fully saturated rings. The van der Waals surface area contributed by atoms with Crippen LogP contribution in [0.15, 0.2) is 0 Å². The van der Waals surface area contributed by atoms with Gasteiger partial charge in [-0.3, -0.25) is 9.59 Å². The highest BCUT2D eigenvalue weighted by Gasteiger charge is 2.27. The zero-order valence-electron chi connectivity index (χ0n) is 10.6. The summed E-state index contributed by atoms with van der Waals surface area (Å²) in [5.41, 5.74) is 0. The molecule has 5 heteroatoms. The molecule has 0 spiro atoms. The molecule has 1 amide bonds. The lowest BCUT2D eigenvalue weighted by atomic mass is 9.97. The Morgan fingerprint density at radius 3 is 2.28 bits per heavy atom. The van der Waals surface area contributed by atoms with Gasteiger partial charge in [0.1, 0.15) is 6.61 Å². The van der Waals surface area contributed by atoms with E-state index < -0.39 is 5.97 Å². The van der Waals surface area contributed by atoms with Gasteiger partial charge < -0.3 is 14.7 Å². The van der Waals surface area contributed by atoms with Gasteiger partial charge in [-0.1, -0.05) is 12.8 Å². The Kier molecular flexibility index (Phi) is 4.58. The van der Waals surface area contributed by atoms with Crippen molar-refractivity contribution in [3.8, 4) is 0 Å². The van der Waals surface area contributed by atoms with E-state index in [1.165, 1.54) is 12.8 Å². The lowest BCUT2D eigenvalue weighted by Crippen LogP contribution is -2.42. The Morgan fingerprint density at radius 1 is 1.11 bits per heavy atom. The quantitative estimate of drug-likeness (QED) is 0.821. The lowest BCUT2D eigenvalue weighted by molar-refractivity contribution is -0.147. The van der Waals surface area contributed by atoms with Gasteiger partial charge in [-0.2, -0.15) is 0 Å². The monoisotopic (exact) mass is 255 g/mol. The van der Waals surface area contributed by atoms with Crippen LogP contribution in [0.4, 0.5) is 0 Å². The first-order valence-corrected chi connectivity index (χ1v) is 6.79. The van der Waals surface area contributed by atoms with Crippen LogP contribution in [0.1, 0.15) is 38.5 Å². The van der Waals surface area contributed by atoms with Crippen LogP contribution in [-0.2, 0) is 14.3 Å². The predicted molar refractivity (Wildman–Crippen MR) is 65.1 cm³/mol. The second kappa shape index (κ2) is 6.18. The number of carboxylic acids is 1. The average molecular weight is 255 g/mol. The Balaban J connectivity index is 1.68. The summed E-state index contributed by atoms with van der Waals surface area (Å²) < 4.78 is 5.58. The highest BCUT2D eigenvalue weighted by molar-refractivity contribution is 5.78. The van der Waals surface area contributed by atoms with Crippen molar-refractivity contribution in [1.29, 1.82) is 0 Å².